The molecule has 31 heavy (non-hydrogen) atoms. The van der Waals surface area contributed by atoms with Gasteiger partial charge in [-0.1, -0.05) is 56.3 Å². The zero-order chi connectivity index (χ0) is 21.9. The number of rotatable bonds is 10. The van der Waals surface area contributed by atoms with Crippen LogP contribution < -0.4 is 14.9 Å². The molecular weight excluding hydrogens is 388 g/mol. The van der Waals surface area contributed by atoms with E-state index >= 15 is 0 Å². The molecule has 0 unspecified atom stereocenters. The molecule has 0 heterocycles. The summed E-state index contributed by atoms with van der Waals surface area (Å²) in [4.78, 5) is 12.3. The highest BCUT2D eigenvalue weighted by Gasteiger charge is 2.06. The molecule has 0 bridgehead atoms. The van der Waals surface area contributed by atoms with Crippen molar-refractivity contribution < 1.29 is 14.3 Å². The fourth-order valence-corrected chi connectivity index (χ4v) is 2.79. The van der Waals surface area contributed by atoms with E-state index in [4.69, 9.17) is 9.47 Å². The van der Waals surface area contributed by atoms with E-state index in [1.54, 1.807) is 30.5 Å². The second-order valence-electron chi connectivity index (χ2n) is 7.57. The van der Waals surface area contributed by atoms with Gasteiger partial charge in [0.25, 0.3) is 5.91 Å². The van der Waals surface area contributed by atoms with E-state index in [0.29, 0.717) is 30.4 Å². The average molecular weight is 417 g/mol. The Morgan fingerprint density at radius 2 is 1.65 bits per heavy atom. The number of para-hydroxylation sites is 1. The van der Waals surface area contributed by atoms with E-state index in [-0.39, 0.29) is 5.91 Å². The van der Waals surface area contributed by atoms with Gasteiger partial charge in [0.05, 0.1) is 12.8 Å². The van der Waals surface area contributed by atoms with Gasteiger partial charge in [0, 0.05) is 11.1 Å². The Morgan fingerprint density at radius 3 is 2.39 bits per heavy atom. The second-order valence-corrected chi connectivity index (χ2v) is 7.57. The van der Waals surface area contributed by atoms with Gasteiger partial charge in [0.2, 0.25) is 0 Å². The van der Waals surface area contributed by atoms with Gasteiger partial charge in [-0.3, -0.25) is 4.79 Å². The smallest absolute Gasteiger partial charge is 0.271 e. The molecule has 5 nitrogen and oxygen atoms in total. The Bertz CT molecular complexity index is 983. The number of amides is 1. The van der Waals surface area contributed by atoms with Gasteiger partial charge >= 0.3 is 0 Å². The third-order valence-electron chi connectivity index (χ3n) is 4.61. The summed E-state index contributed by atoms with van der Waals surface area (Å²) in [5, 5.41) is 4.09. The highest BCUT2D eigenvalue weighted by atomic mass is 16.5. The molecule has 5 heteroatoms. The van der Waals surface area contributed by atoms with Crippen molar-refractivity contribution in [2.75, 3.05) is 6.61 Å². The van der Waals surface area contributed by atoms with Crippen molar-refractivity contribution >= 4 is 12.1 Å². The number of hydrazone groups is 1. The van der Waals surface area contributed by atoms with Gasteiger partial charge in [-0.05, 0) is 54.3 Å². The first-order valence-corrected chi connectivity index (χ1v) is 10.4. The lowest BCUT2D eigenvalue weighted by Crippen LogP contribution is -2.17. The molecule has 0 saturated heterocycles. The van der Waals surface area contributed by atoms with Crippen LogP contribution in [0, 0.1) is 5.92 Å². The third kappa shape index (κ3) is 7.30. The molecule has 3 aromatic rings. The number of ether oxygens (including phenoxy) is 2. The van der Waals surface area contributed by atoms with Crippen LogP contribution in [0.1, 0.15) is 41.8 Å². The van der Waals surface area contributed by atoms with Crippen molar-refractivity contribution in [2.45, 2.75) is 26.9 Å². The lowest BCUT2D eigenvalue weighted by molar-refractivity contribution is 0.0955. The van der Waals surface area contributed by atoms with E-state index in [9.17, 15) is 4.79 Å². The summed E-state index contributed by atoms with van der Waals surface area (Å²) in [5.74, 6) is 1.77. The van der Waals surface area contributed by atoms with Crippen LogP contribution in [0.5, 0.6) is 11.5 Å². The number of nitrogens with one attached hydrogen (secondary N) is 1. The van der Waals surface area contributed by atoms with E-state index in [1.165, 1.54) is 0 Å². The SMILES string of the molecule is CC(C)CCOc1ccc(C(=O)NN=Cc2ccccc2OCc2ccccc2)cc1. The summed E-state index contributed by atoms with van der Waals surface area (Å²) in [6, 6.07) is 24.6. The van der Waals surface area contributed by atoms with E-state index in [0.717, 1.165) is 23.3 Å². The van der Waals surface area contributed by atoms with Crippen molar-refractivity contribution in [1.82, 2.24) is 5.43 Å². The molecule has 0 aliphatic heterocycles. The van der Waals surface area contributed by atoms with Crippen molar-refractivity contribution in [1.29, 1.82) is 0 Å². The highest BCUT2D eigenvalue weighted by molar-refractivity contribution is 5.95. The summed E-state index contributed by atoms with van der Waals surface area (Å²) in [6.45, 7) is 5.44. The second kappa shape index (κ2) is 11.6. The van der Waals surface area contributed by atoms with E-state index in [1.807, 2.05) is 54.6 Å². The minimum Gasteiger partial charge on any atom is -0.494 e. The number of nitrogens with zero attached hydrogens (tertiary/aromatic N) is 1. The summed E-state index contributed by atoms with van der Waals surface area (Å²) in [6.07, 6.45) is 2.58. The normalized spacial score (nSPS) is 10.9. The van der Waals surface area contributed by atoms with Gasteiger partial charge in [0.1, 0.15) is 18.1 Å². The maximum atomic E-state index is 12.3. The Kier molecular flexibility index (Phi) is 8.23. The Hall–Kier alpha value is -3.60. The monoisotopic (exact) mass is 416 g/mol. The van der Waals surface area contributed by atoms with Crippen LogP contribution >= 0.6 is 0 Å². The van der Waals surface area contributed by atoms with Gasteiger partial charge in [-0.25, -0.2) is 5.43 Å². The first-order chi connectivity index (χ1) is 15.1. The quantitative estimate of drug-likeness (QED) is 0.353. The number of hydrogen-bond acceptors (Lipinski definition) is 4. The van der Waals surface area contributed by atoms with E-state index in [2.05, 4.69) is 24.4 Å². The van der Waals surface area contributed by atoms with Gasteiger partial charge in [-0.15, -0.1) is 0 Å². The van der Waals surface area contributed by atoms with Crippen molar-refractivity contribution in [3.63, 3.8) is 0 Å². The topological polar surface area (TPSA) is 59.9 Å². The molecule has 1 N–H and O–H groups in total. The molecule has 3 rings (SSSR count). The minimum atomic E-state index is -0.285. The van der Waals surface area contributed by atoms with Crippen molar-refractivity contribution in [3.05, 3.63) is 95.6 Å². The van der Waals surface area contributed by atoms with Crippen LogP contribution in [-0.4, -0.2) is 18.7 Å². The molecule has 0 radical (unpaired) electrons. The zero-order valence-electron chi connectivity index (χ0n) is 18.0. The lowest BCUT2D eigenvalue weighted by atomic mass is 10.1. The number of carbonyl (C=O) groups excluding carboxylic acids is 1. The van der Waals surface area contributed by atoms with Crippen molar-refractivity contribution in [2.24, 2.45) is 11.0 Å². The molecule has 0 aliphatic carbocycles. The van der Waals surface area contributed by atoms with Gasteiger partial charge in [0.15, 0.2) is 0 Å². The molecule has 1 amide bonds. The Morgan fingerprint density at radius 1 is 0.935 bits per heavy atom. The first-order valence-electron chi connectivity index (χ1n) is 10.4. The van der Waals surface area contributed by atoms with Crippen LogP contribution in [0.2, 0.25) is 0 Å². The van der Waals surface area contributed by atoms with Gasteiger partial charge in [-0.2, -0.15) is 5.10 Å². The maximum absolute atomic E-state index is 12.3. The first kappa shape index (κ1) is 22.1. The molecular formula is C26H28N2O3. The minimum absolute atomic E-state index is 0.285. The predicted octanol–water partition coefficient (Wildman–Crippen LogP) is 5.45. The fraction of sp³-hybridized carbons (Fsp3) is 0.231. The molecule has 160 valence electrons. The largest absolute Gasteiger partial charge is 0.494 e. The molecule has 0 spiro atoms. The summed E-state index contributed by atoms with van der Waals surface area (Å²) >= 11 is 0. The number of carbonyl (C=O) groups is 1. The van der Waals surface area contributed by atoms with Crippen LogP contribution in [0.15, 0.2) is 84.0 Å². The Labute approximate surface area is 183 Å². The van der Waals surface area contributed by atoms with Crippen LogP contribution in [0.4, 0.5) is 0 Å². The zero-order valence-corrected chi connectivity index (χ0v) is 18.0. The average Bonchev–Trinajstić information content (AvgIpc) is 2.79. The molecule has 0 aromatic heterocycles. The number of benzene rings is 3. The molecule has 0 aliphatic rings. The summed E-state index contributed by atoms with van der Waals surface area (Å²) in [5.41, 5.74) is 4.94. The molecule has 3 aromatic carbocycles. The third-order valence-corrected chi connectivity index (χ3v) is 4.61. The molecule has 0 fully saturated rings. The van der Waals surface area contributed by atoms with Gasteiger partial charge < -0.3 is 9.47 Å². The number of hydrogen-bond donors (Lipinski definition) is 1. The standard InChI is InChI=1S/C26H28N2O3/c1-20(2)16-17-30-24-14-12-22(13-15-24)26(29)28-27-18-23-10-6-7-11-25(23)31-19-21-8-4-3-5-9-21/h3-15,18,20H,16-17,19H2,1-2H3,(H,28,29). The van der Waals surface area contributed by atoms with Crippen LogP contribution in [0.25, 0.3) is 0 Å². The fourth-order valence-electron chi connectivity index (χ4n) is 2.79. The summed E-state index contributed by atoms with van der Waals surface area (Å²) < 4.78 is 11.6. The maximum Gasteiger partial charge on any atom is 0.271 e. The molecule has 0 saturated carbocycles. The van der Waals surface area contributed by atoms with Crippen molar-refractivity contribution in [3.8, 4) is 11.5 Å². The van der Waals surface area contributed by atoms with Crippen LogP contribution in [-0.2, 0) is 6.61 Å². The van der Waals surface area contributed by atoms with Crippen LogP contribution in [0.3, 0.4) is 0 Å². The van der Waals surface area contributed by atoms with E-state index < -0.39 is 0 Å². The molecule has 0 atom stereocenters. The Balaban J connectivity index is 1.53. The lowest BCUT2D eigenvalue weighted by Gasteiger charge is -2.09. The summed E-state index contributed by atoms with van der Waals surface area (Å²) in [7, 11) is 0. The highest BCUT2D eigenvalue weighted by Crippen LogP contribution is 2.18. The predicted molar refractivity (Wildman–Crippen MR) is 124 cm³/mol.